The molecule has 1 aromatic carbocycles. The van der Waals surface area contributed by atoms with Gasteiger partial charge >= 0.3 is 0 Å². The fraction of sp³-hybridized carbons (Fsp3) is 0.357. The molecule has 8 nitrogen and oxygen atoms in total. The van der Waals surface area contributed by atoms with E-state index >= 15 is 0 Å². The fourth-order valence-corrected chi connectivity index (χ4v) is 5.11. The molecule has 192 valence electrons. The average Bonchev–Trinajstić information content (AvgIpc) is 3.57. The Balaban J connectivity index is 1.54. The minimum atomic E-state index is -1.09. The van der Waals surface area contributed by atoms with Crippen LogP contribution in [0.3, 0.4) is 0 Å². The predicted molar refractivity (Wildman–Crippen MR) is 139 cm³/mol. The van der Waals surface area contributed by atoms with Gasteiger partial charge in [0.15, 0.2) is 11.3 Å². The maximum Gasteiger partial charge on any atom is 0.290 e. The van der Waals surface area contributed by atoms with Crippen molar-refractivity contribution >= 4 is 28.6 Å². The zero-order chi connectivity index (χ0) is 26.3. The fourth-order valence-electron chi connectivity index (χ4n) is 5.11. The molecule has 0 radical (unpaired) electrons. The normalized spacial score (nSPS) is 15.7. The Morgan fingerprint density at radius 2 is 1.89 bits per heavy atom. The second-order valence-corrected chi connectivity index (χ2v) is 9.87. The highest BCUT2D eigenvalue weighted by atomic mass is 19.1. The van der Waals surface area contributed by atoms with Crippen molar-refractivity contribution in [2.75, 3.05) is 18.0 Å². The summed E-state index contributed by atoms with van der Waals surface area (Å²) in [6.07, 6.45) is 5.03. The number of furan rings is 1. The van der Waals surface area contributed by atoms with E-state index in [1.807, 2.05) is 6.07 Å². The molecule has 0 atom stereocenters. The minimum Gasteiger partial charge on any atom is -0.449 e. The lowest BCUT2D eigenvalue weighted by molar-refractivity contribution is -0.129. The number of halogens is 1. The number of amides is 2. The second-order valence-electron chi connectivity index (χ2n) is 9.87. The Morgan fingerprint density at radius 1 is 1.16 bits per heavy atom. The number of hydrogen-bond donors (Lipinski definition) is 1. The number of fused-ring (bicyclic) bond motifs is 1. The number of nitrogens with zero attached hydrogens (tertiary/aromatic N) is 4. The van der Waals surface area contributed by atoms with Gasteiger partial charge in [-0.15, -0.1) is 0 Å². The van der Waals surface area contributed by atoms with Crippen LogP contribution in [0.15, 0.2) is 53.2 Å². The molecule has 3 aromatic heterocycles. The van der Waals surface area contributed by atoms with Crippen LogP contribution in [0.4, 0.5) is 10.1 Å². The van der Waals surface area contributed by atoms with Gasteiger partial charge in [0.1, 0.15) is 16.9 Å². The molecular weight excluding hydrogens is 473 g/mol. The zero-order valence-corrected chi connectivity index (χ0v) is 21.4. The highest BCUT2D eigenvalue weighted by Crippen LogP contribution is 2.36. The molecule has 0 aliphatic carbocycles. The number of hydrogen-bond acceptors (Lipinski definition) is 5. The summed E-state index contributed by atoms with van der Waals surface area (Å²) in [5.74, 6) is -0.522. The number of aromatic nitrogens is 3. The summed E-state index contributed by atoms with van der Waals surface area (Å²) in [6, 6.07) is 9.83. The number of rotatable bonds is 6. The first kappa shape index (κ1) is 24.7. The van der Waals surface area contributed by atoms with E-state index in [1.165, 1.54) is 12.1 Å². The van der Waals surface area contributed by atoms with Crippen LogP contribution < -0.4 is 4.90 Å². The van der Waals surface area contributed by atoms with Gasteiger partial charge in [0.2, 0.25) is 0 Å². The van der Waals surface area contributed by atoms with Crippen LogP contribution in [0.1, 0.15) is 62.6 Å². The third-order valence-electron chi connectivity index (χ3n) is 7.32. The highest BCUT2D eigenvalue weighted by Gasteiger charge is 2.45. The van der Waals surface area contributed by atoms with Gasteiger partial charge in [0.05, 0.1) is 17.6 Å². The Kier molecular flexibility index (Phi) is 6.31. The number of benzene rings is 1. The molecule has 9 heteroatoms. The van der Waals surface area contributed by atoms with Gasteiger partial charge < -0.3 is 14.2 Å². The predicted octanol–water partition coefficient (Wildman–Crippen LogP) is 5.53. The summed E-state index contributed by atoms with van der Waals surface area (Å²) >= 11 is 0. The summed E-state index contributed by atoms with van der Waals surface area (Å²) in [5.41, 5.74) is 3.16. The summed E-state index contributed by atoms with van der Waals surface area (Å²) < 4.78 is 19.7. The van der Waals surface area contributed by atoms with Crippen LogP contribution in [-0.2, 0) is 4.79 Å². The smallest absolute Gasteiger partial charge is 0.290 e. The van der Waals surface area contributed by atoms with E-state index in [9.17, 15) is 14.0 Å². The Labute approximate surface area is 214 Å². The van der Waals surface area contributed by atoms with E-state index in [4.69, 9.17) is 9.40 Å². The summed E-state index contributed by atoms with van der Waals surface area (Å²) in [7, 11) is 0. The summed E-state index contributed by atoms with van der Waals surface area (Å²) in [4.78, 5) is 35.0. The van der Waals surface area contributed by atoms with Crippen LogP contribution in [0, 0.1) is 5.82 Å². The third-order valence-corrected chi connectivity index (χ3v) is 7.32. The number of pyridine rings is 1. The molecule has 0 bridgehead atoms. The molecule has 5 rings (SSSR count). The van der Waals surface area contributed by atoms with Crippen molar-refractivity contribution in [3.63, 3.8) is 0 Å². The average molecular weight is 504 g/mol. The molecule has 1 aliphatic rings. The Hall–Kier alpha value is -4.01. The molecule has 4 heterocycles. The van der Waals surface area contributed by atoms with Crippen LogP contribution in [0.5, 0.6) is 0 Å². The van der Waals surface area contributed by atoms with E-state index in [1.54, 1.807) is 54.2 Å². The number of aromatic amines is 1. The number of nitrogens with one attached hydrogen (secondary N) is 1. The van der Waals surface area contributed by atoms with Crippen LogP contribution in [0.2, 0.25) is 0 Å². The summed E-state index contributed by atoms with van der Waals surface area (Å²) in [6.45, 7) is 8.39. The molecule has 1 aliphatic heterocycles. The van der Waals surface area contributed by atoms with Gasteiger partial charge in [0.25, 0.3) is 11.8 Å². The monoisotopic (exact) mass is 503 g/mol. The van der Waals surface area contributed by atoms with Gasteiger partial charge in [-0.25, -0.2) is 9.37 Å². The van der Waals surface area contributed by atoms with Crippen LogP contribution in [-0.4, -0.2) is 50.5 Å². The van der Waals surface area contributed by atoms with Gasteiger partial charge in [-0.05, 0) is 62.9 Å². The second kappa shape index (κ2) is 9.46. The van der Waals surface area contributed by atoms with Gasteiger partial charge in [0, 0.05) is 36.5 Å². The van der Waals surface area contributed by atoms with E-state index < -0.39 is 5.54 Å². The van der Waals surface area contributed by atoms with E-state index in [2.05, 4.69) is 24.0 Å². The molecule has 2 amide bonds. The molecule has 1 N–H and O–H groups in total. The number of carbonyl (C=O) groups is 2. The highest BCUT2D eigenvalue weighted by molar-refractivity contribution is 6.05. The topological polar surface area (TPSA) is 95.3 Å². The molecule has 0 spiro atoms. The Bertz CT molecular complexity index is 1440. The number of anilines is 1. The molecular formula is C28H30FN5O3. The van der Waals surface area contributed by atoms with Crippen molar-refractivity contribution < 1.29 is 18.4 Å². The largest absolute Gasteiger partial charge is 0.449 e. The van der Waals surface area contributed by atoms with Gasteiger partial charge in [-0.2, -0.15) is 5.10 Å². The number of H-pyrrole nitrogens is 1. The SMILES string of the molecule is CCC(CC)c1cc(-c2ccc(F)cc2)nc2cc(C(=O)N3CCN(c4cn[nH]c4)C(=O)C3(C)C)oc12. The molecule has 1 fully saturated rings. The molecule has 0 saturated carbocycles. The lowest BCUT2D eigenvalue weighted by Gasteiger charge is -2.45. The third kappa shape index (κ3) is 4.28. The lowest BCUT2D eigenvalue weighted by Crippen LogP contribution is -2.64. The van der Waals surface area contributed by atoms with Crippen molar-refractivity contribution in [3.8, 4) is 11.3 Å². The summed E-state index contributed by atoms with van der Waals surface area (Å²) in [5, 5.41) is 6.66. The van der Waals surface area contributed by atoms with E-state index in [0.29, 0.717) is 35.6 Å². The van der Waals surface area contributed by atoms with Gasteiger partial charge in [-0.1, -0.05) is 13.8 Å². The molecule has 1 saturated heterocycles. The maximum absolute atomic E-state index is 13.7. The van der Waals surface area contributed by atoms with Crippen molar-refractivity contribution in [3.05, 3.63) is 65.9 Å². The van der Waals surface area contributed by atoms with Crippen LogP contribution >= 0.6 is 0 Å². The van der Waals surface area contributed by atoms with Crippen molar-refractivity contribution in [1.82, 2.24) is 20.1 Å². The van der Waals surface area contributed by atoms with E-state index in [-0.39, 0.29) is 29.3 Å². The lowest BCUT2D eigenvalue weighted by atomic mass is 9.92. The van der Waals surface area contributed by atoms with Crippen molar-refractivity contribution in [2.24, 2.45) is 0 Å². The minimum absolute atomic E-state index is 0.142. The number of carbonyl (C=O) groups excluding carboxylic acids is 2. The zero-order valence-electron chi connectivity index (χ0n) is 21.4. The van der Waals surface area contributed by atoms with Crippen LogP contribution in [0.25, 0.3) is 22.4 Å². The molecule has 37 heavy (non-hydrogen) atoms. The molecule has 4 aromatic rings. The number of piperazine rings is 1. The first-order valence-corrected chi connectivity index (χ1v) is 12.6. The quantitative estimate of drug-likeness (QED) is 0.373. The first-order chi connectivity index (χ1) is 17.7. The Morgan fingerprint density at radius 3 is 2.54 bits per heavy atom. The molecule has 0 unspecified atom stereocenters. The standard InChI is InChI=1S/C28H30FN5O3/c1-5-17(6-2)21-13-22(18-7-9-19(29)10-8-18)32-23-14-24(37-25(21)23)26(35)34-12-11-33(20-15-30-31-16-20)27(36)28(34,3)4/h7-10,13-17H,5-6,11-12H2,1-4H3,(H,30,31). The van der Waals surface area contributed by atoms with Gasteiger partial charge in [-0.3, -0.25) is 14.7 Å². The van der Waals surface area contributed by atoms with Crippen molar-refractivity contribution in [1.29, 1.82) is 0 Å². The van der Waals surface area contributed by atoms with E-state index in [0.717, 1.165) is 24.0 Å². The maximum atomic E-state index is 13.7. The first-order valence-electron chi connectivity index (χ1n) is 12.6. The van der Waals surface area contributed by atoms with Crippen molar-refractivity contribution in [2.45, 2.75) is 52.0 Å².